The molecule has 1 rings (SSSR count). The van der Waals surface area contributed by atoms with Crippen LogP contribution in [0.4, 0.5) is 0 Å². The molecule has 5 nitrogen and oxygen atoms in total. The zero-order valence-corrected chi connectivity index (χ0v) is 9.99. The fraction of sp³-hybridized carbons (Fsp3) is 0.909. The molecule has 2 atom stereocenters. The van der Waals surface area contributed by atoms with Gasteiger partial charge in [0.25, 0.3) is 0 Å². The normalized spacial score (nSPS) is 24.2. The van der Waals surface area contributed by atoms with E-state index >= 15 is 0 Å². The first kappa shape index (κ1) is 13.4. The Balaban J connectivity index is 2.50. The average Bonchev–Trinajstić information content (AvgIpc) is 2.76. The van der Waals surface area contributed by atoms with E-state index < -0.39 is 11.5 Å². The van der Waals surface area contributed by atoms with Crippen molar-refractivity contribution < 1.29 is 19.4 Å². The molecule has 1 aliphatic heterocycles. The maximum Gasteiger partial charge on any atom is 0.326 e. The third-order valence-electron chi connectivity index (χ3n) is 3.10. The summed E-state index contributed by atoms with van der Waals surface area (Å²) < 4.78 is 10.4. The molecular weight excluding hydrogens is 210 g/mol. The molecule has 0 amide bonds. The lowest BCUT2D eigenvalue weighted by molar-refractivity contribution is -0.147. The summed E-state index contributed by atoms with van der Waals surface area (Å²) in [6.45, 7) is 3.37. The fourth-order valence-corrected chi connectivity index (χ4v) is 1.93. The van der Waals surface area contributed by atoms with Crippen LogP contribution in [0.5, 0.6) is 0 Å². The molecule has 0 spiro atoms. The molecule has 0 aromatic heterocycles. The maximum atomic E-state index is 11.3. The quantitative estimate of drug-likeness (QED) is 0.673. The number of aliphatic carboxylic acids is 1. The van der Waals surface area contributed by atoms with Gasteiger partial charge in [-0.05, 0) is 19.3 Å². The highest BCUT2D eigenvalue weighted by molar-refractivity contribution is 5.79. The van der Waals surface area contributed by atoms with Crippen molar-refractivity contribution in [1.29, 1.82) is 0 Å². The lowest BCUT2D eigenvalue weighted by atomic mass is 9.97. The predicted octanol–water partition coefficient (Wildman–Crippen LogP) is 0.635. The van der Waals surface area contributed by atoms with Crippen molar-refractivity contribution >= 4 is 5.97 Å². The van der Waals surface area contributed by atoms with Crippen molar-refractivity contribution in [1.82, 2.24) is 5.32 Å². The molecule has 1 aliphatic rings. The van der Waals surface area contributed by atoms with Crippen LogP contribution in [-0.4, -0.2) is 49.6 Å². The Kier molecular flexibility index (Phi) is 5.18. The van der Waals surface area contributed by atoms with Gasteiger partial charge in [0, 0.05) is 20.3 Å². The molecule has 2 N–H and O–H groups in total. The van der Waals surface area contributed by atoms with E-state index in [-0.39, 0.29) is 12.7 Å². The molecule has 0 saturated carbocycles. The van der Waals surface area contributed by atoms with Crippen molar-refractivity contribution in [3.05, 3.63) is 0 Å². The van der Waals surface area contributed by atoms with Gasteiger partial charge in [-0.15, -0.1) is 0 Å². The van der Waals surface area contributed by atoms with Crippen molar-refractivity contribution in [2.75, 3.05) is 26.9 Å². The summed E-state index contributed by atoms with van der Waals surface area (Å²) in [6.07, 6.45) is 2.69. The number of hydrogen-bond donors (Lipinski definition) is 2. The van der Waals surface area contributed by atoms with Crippen LogP contribution in [0.2, 0.25) is 0 Å². The summed E-state index contributed by atoms with van der Waals surface area (Å²) in [5.74, 6) is -0.866. The van der Waals surface area contributed by atoms with E-state index in [9.17, 15) is 9.90 Å². The van der Waals surface area contributed by atoms with Gasteiger partial charge in [-0.3, -0.25) is 10.1 Å². The smallest absolute Gasteiger partial charge is 0.326 e. The van der Waals surface area contributed by atoms with E-state index in [1.807, 2.05) is 6.92 Å². The highest BCUT2D eigenvalue weighted by Crippen LogP contribution is 2.15. The minimum absolute atomic E-state index is 0.141. The Morgan fingerprint density at radius 1 is 1.69 bits per heavy atom. The van der Waals surface area contributed by atoms with Crippen molar-refractivity contribution in [2.45, 2.75) is 37.8 Å². The second-order valence-corrected chi connectivity index (χ2v) is 4.19. The third-order valence-corrected chi connectivity index (χ3v) is 3.10. The zero-order chi connectivity index (χ0) is 12.0. The minimum Gasteiger partial charge on any atom is -0.480 e. The Bertz CT molecular complexity index is 228. The molecule has 2 unspecified atom stereocenters. The highest BCUT2D eigenvalue weighted by Gasteiger charge is 2.37. The van der Waals surface area contributed by atoms with Crippen LogP contribution in [0.15, 0.2) is 0 Å². The first-order valence-corrected chi connectivity index (χ1v) is 5.73. The summed E-state index contributed by atoms with van der Waals surface area (Å²) in [5, 5.41) is 12.3. The Hall–Kier alpha value is -0.650. The van der Waals surface area contributed by atoms with E-state index in [0.29, 0.717) is 13.0 Å². The van der Waals surface area contributed by atoms with Gasteiger partial charge in [0.05, 0.1) is 12.7 Å². The molecular formula is C11H21NO4. The number of carbonyl (C=O) groups is 1. The van der Waals surface area contributed by atoms with Crippen LogP contribution < -0.4 is 5.32 Å². The highest BCUT2D eigenvalue weighted by atomic mass is 16.5. The molecule has 1 fully saturated rings. The van der Waals surface area contributed by atoms with Gasteiger partial charge in [-0.25, -0.2) is 0 Å². The van der Waals surface area contributed by atoms with Gasteiger partial charge >= 0.3 is 5.97 Å². The van der Waals surface area contributed by atoms with E-state index in [4.69, 9.17) is 9.47 Å². The number of nitrogens with one attached hydrogen (secondary N) is 1. The second-order valence-electron chi connectivity index (χ2n) is 4.19. The molecule has 0 bridgehead atoms. The van der Waals surface area contributed by atoms with Crippen LogP contribution >= 0.6 is 0 Å². The van der Waals surface area contributed by atoms with E-state index in [2.05, 4.69) is 5.32 Å². The number of carboxylic acid groups (broad SMARTS) is 1. The number of ether oxygens (including phenoxy) is 2. The van der Waals surface area contributed by atoms with Crippen LogP contribution in [0.3, 0.4) is 0 Å². The molecule has 1 heterocycles. The van der Waals surface area contributed by atoms with Gasteiger partial charge in [0.15, 0.2) is 0 Å². The Morgan fingerprint density at radius 3 is 2.88 bits per heavy atom. The van der Waals surface area contributed by atoms with E-state index in [1.165, 1.54) is 7.11 Å². The fourth-order valence-electron chi connectivity index (χ4n) is 1.93. The summed E-state index contributed by atoms with van der Waals surface area (Å²) in [4.78, 5) is 11.3. The number of carboxylic acids is 1. The standard InChI is InChI=1S/C11H21NO4/c1-3-11(8-15-2,10(13)14)12-7-9-5-4-6-16-9/h9,12H,3-8H2,1-2H3,(H,13,14). The SMILES string of the molecule is CCC(COC)(NCC1CCCO1)C(=O)O. The summed E-state index contributed by atoms with van der Waals surface area (Å²) in [6, 6.07) is 0. The number of methoxy groups -OCH3 is 1. The summed E-state index contributed by atoms with van der Waals surface area (Å²) in [5.41, 5.74) is -0.985. The summed E-state index contributed by atoms with van der Waals surface area (Å²) >= 11 is 0. The van der Waals surface area contributed by atoms with Crippen molar-refractivity contribution in [3.63, 3.8) is 0 Å². The van der Waals surface area contributed by atoms with Crippen LogP contribution in [0.1, 0.15) is 26.2 Å². The van der Waals surface area contributed by atoms with Gasteiger partial charge < -0.3 is 14.6 Å². The van der Waals surface area contributed by atoms with Crippen LogP contribution in [-0.2, 0) is 14.3 Å². The lowest BCUT2D eigenvalue weighted by Gasteiger charge is -2.29. The minimum atomic E-state index is -0.985. The second kappa shape index (κ2) is 6.18. The third kappa shape index (κ3) is 3.17. The molecule has 0 aliphatic carbocycles. The predicted molar refractivity (Wildman–Crippen MR) is 59.5 cm³/mol. The molecule has 0 aromatic carbocycles. The molecule has 0 radical (unpaired) electrons. The van der Waals surface area contributed by atoms with Crippen molar-refractivity contribution in [2.24, 2.45) is 0 Å². The van der Waals surface area contributed by atoms with Gasteiger partial charge in [-0.1, -0.05) is 6.92 Å². The van der Waals surface area contributed by atoms with Gasteiger partial charge in [0.2, 0.25) is 0 Å². The van der Waals surface area contributed by atoms with Crippen LogP contribution in [0.25, 0.3) is 0 Å². The number of hydrogen-bond acceptors (Lipinski definition) is 4. The first-order valence-electron chi connectivity index (χ1n) is 5.73. The average molecular weight is 231 g/mol. The Morgan fingerprint density at radius 2 is 2.44 bits per heavy atom. The number of rotatable bonds is 7. The zero-order valence-electron chi connectivity index (χ0n) is 9.99. The van der Waals surface area contributed by atoms with E-state index in [1.54, 1.807) is 0 Å². The maximum absolute atomic E-state index is 11.3. The van der Waals surface area contributed by atoms with Crippen LogP contribution in [0, 0.1) is 0 Å². The molecule has 16 heavy (non-hydrogen) atoms. The molecule has 0 aromatic rings. The first-order chi connectivity index (χ1) is 7.64. The molecule has 1 saturated heterocycles. The van der Waals surface area contributed by atoms with E-state index in [0.717, 1.165) is 19.4 Å². The summed E-state index contributed by atoms with van der Waals surface area (Å²) in [7, 11) is 1.51. The largest absolute Gasteiger partial charge is 0.480 e. The molecule has 94 valence electrons. The Labute approximate surface area is 96.1 Å². The monoisotopic (exact) mass is 231 g/mol. The van der Waals surface area contributed by atoms with Gasteiger partial charge in [-0.2, -0.15) is 0 Å². The topological polar surface area (TPSA) is 67.8 Å². The molecule has 5 heteroatoms. The van der Waals surface area contributed by atoms with Gasteiger partial charge in [0.1, 0.15) is 5.54 Å². The van der Waals surface area contributed by atoms with Crippen molar-refractivity contribution in [3.8, 4) is 0 Å². The lowest BCUT2D eigenvalue weighted by Crippen LogP contribution is -2.56.